The molecule has 1 fully saturated rings. The molecule has 27 heavy (non-hydrogen) atoms. The van der Waals surface area contributed by atoms with Gasteiger partial charge in [0.25, 0.3) is 0 Å². The van der Waals surface area contributed by atoms with E-state index in [1.165, 1.54) is 0 Å². The van der Waals surface area contributed by atoms with Gasteiger partial charge in [0.1, 0.15) is 11.6 Å². The Morgan fingerprint density at radius 1 is 1.33 bits per heavy atom. The highest BCUT2D eigenvalue weighted by Gasteiger charge is 2.32. The third kappa shape index (κ3) is 5.66. The first-order valence-electron chi connectivity index (χ1n) is 9.39. The number of rotatable bonds is 5. The van der Waals surface area contributed by atoms with Crippen LogP contribution in [-0.2, 0) is 9.53 Å². The van der Waals surface area contributed by atoms with E-state index in [-0.39, 0.29) is 35.5 Å². The van der Waals surface area contributed by atoms with E-state index in [1.807, 2.05) is 41.5 Å². The molecule has 2 unspecified atom stereocenters. The average Bonchev–Trinajstić information content (AvgIpc) is 2.54. The fraction of sp³-hybridized carbons (Fsp3) is 0.650. The van der Waals surface area contributed by atoms with Crippen molar-refractivity contribution in [3.8, 4) is 5.75 Å². The normalized spacial score (nSPS) is 20.4. The minimum atomic E-state index is -0.534. The molecule has 150 valence electrons. The number of esters is 1. The molecule has 1 aromatic carbocycles. The lowest BCUT2D eigenvalue weighted by Gasteiger charge is -2.32. The zero-order chi connectivity index (χ0) is 20.4. The third-order valence-electron chi connectivity index (χ3n) is 4.44. The Morgan fingerprint density at radius 2 is 2.00 bits per heavy atom. The van der Waals surface area contributed by atoms with Crippen molar-refractivity contribution in [1.82, 2.24) is 5.32 Å². The van der Waals surface area contributed by atoms with E-state index < -0.39 is 10.5 Å². The summed E-state index contributed by atoms with van der Waals surface area (Å²) in [5.41, 5.74) is 1.27. The molecule has 1 N–H and O–H groups in total. The minimum Gasteiger partial charge on any atom is -0.484 e. The van der Waals surface area contributed by atoms with E-state index in [1.54, 1.807) is 12.1 Å². The van der Waals surface area contributed by atoms with E-state index in [4.69, 9.17) is 9.47 Å². The van der Waals surface area contributed by atoms with Crippen LogP contribution in [0, 0.1) is 17.0 Å². The summed E-state index contributed by atoms with van der Waals surface area (Å²) >= 11 is 0. The first-order valence-corrected chi connectivity index (χ1v) is 9.39. The van der Waals surface area contributed by atoms with Gasteiger partial charge in [0.2, 0.25) is 0 Å². The largest absolute Gasteiger partial charge is 0.484 e. The van der Waals surface area contributed by atoms with Crippen LogP contribution < -0.4 is 10.1 Å². The topological polar surface area (TPSA) is 90.7 Å². The highest BCUT2D eigenvalue weighted by molar-refractivity contribution is 5.76. The number of hydrogen-bond acceptors (Lipinski definition) is 6. The second kappa shape index (κ2) is 8.25. The van der Waals surface area contributed by atoms with E-state index >= 15 is 0 Å². The molecule has 0 amide bonds. The van der Waals surface area contributed by atoms with Gasteiger partial charge in [-0.15, -0.1) is 0 Å². The maximum absolute atomic E-state index is 12.4. The van der Waals surface area contributed by atoms with Crippen molar-refractivity contribution >= 4 is 11.7 Å². The van der Waals surface area contributed by atoms with Gasteiger partial charge in [-0.25, -0.2) is 0 Å². The Kier molecular flexibility index (Phi) is 6.46. The predicted molar refractivity (Wildman–Crippen MR) is 103 cm³/mol. The van der Waals surface area contributed by atoms with Crippen LogP contribution in [0.4, 0.5) is 5.69 Å². The maximum atomic E-state index is 12.4. The first kappa shape index (κ1) is 21.2. The fourth-order valence-corrected chi connectivity index (χ4v) is 3.37. The molecule has 1 saturated heterocycles. The van der Waals surface area contributed by atoms with Crippen LogP contribution in [0.3, 0.4) is 0 Å². The number of nitro benzene ring substituents is 1. The molecule has 1 heterocycles. The molecule has 1 aliphatic heterocycles. The van der Waals surface area contributed by atoms with Crippen molar-refractivity contribution in [2.45, 2.75) is 78.0 Å². The number of ether oxygens (including phenoxy) is 2. The second-order valence-electron chi connectivity index (χ2n) is 8.36. The zero-order valence-corrected chi connectivity index (χ0v) is 17.0. The monoisotopic (exact) mass is 378 g/mol. The Labute approximate surface area is 160 Å². The van der Waals surface area contributed by atoms with Crippen LogP contribution in [0.5, 0.6) is 5.75 Å². The summed E-state index contributed by atoms with van der Waals surface area (Å²) in [6.07, 6.45) is 1.27. The smallest absolute Gasteiger partial charge is 0.323 e. The summed E-state index contributed by atoms with van der Waals surface area (Å²) in [7, 11) is 0. The van der Waals surface area contributed by atoms with Crippen LogP contribution >= 0.6 is 0 Å². The van der Waals surface area contributed by atoms with Crippen molar-refractivity contribution in [3.05, 3.63) is 33.4 Å². The van der Waals surface area contributed by atoms with Crippen LogP contribution in [0.1, 0.15) is 64.5 Å². The number of benzene rings is 1. The molecule has 2 rings (SSSR count). The van der Waals surface area contributed by atoms with Gasteiger partial charge in [0.05, 0.1) is 11.0 Å². The average molecular weight is 378 g/mol. The predicted octanol–water partition coefficient (Wildman–Crippen LogP) is 3.87. The highest BCUT2D eigenvalue weighted by Crippen LogP contribution is 2.38. The van der Waals surface area contributed by atoms with E-state index in [0.29, 0.717) is 13.0 Å². The number of aryl methyl sites for hydroxylation is 1. The maximum Gasteiger partial charge on any atom is 0.323 e. The van der Waals surface area contributed by atoms with Gasteiger partial charge >= 0.3 is 11.7 Å². The van der Waals surface area contributed by atoms with Crippen molar-refractivity contribution in [1.29, 1.82) is 0 Å². The van der Waals surface area contributed by atoms with Gasteiger partial charge in [0, 0.05) is 6.07 Å². The van der Waals surface area contributed by atoms with Gasteiger partial charge < -0.3 is 14.8 Å². The van der Waals surface area contributed by atoms with Crippen LogP contribution in [0.15, 0.2) is 12.1 Å². The van der Waals surface area contributed by atoms with E-state index in [9.17, 15) is 14.9 Å². The summed E-state index contributed by atoms with van der Waals surface area (Å²) in [6, 6.07) is 2.96. The van der Waals surface area contributed by atoms with Crippen molar-refractivity contribution in [3.63, 3.8) is 0 Å². The molecule has 1 aliphatic rings. The third-order valence-corrected chi connectivity index (χ3v) is 4.44. The Balaban J connectivity index is 2.28. The Hall–Kier alpha value is -2.15. The molecule has 0 saturated carbocycles. The lowest BCUT2D eigenvalue weighted by molar-refractivity contribution is -0.386. The van der Waals surface area contributed by atoms with E-state index in [2.05, 4.69) is 5.32 Å². The van der Waals surface area contributed by atoms with Gasteiger partial charge in [-0.3, -0.25) is 14.9 Å². The highest BCUT2D eigenvalue weighted by atomic mass is 16.6. The molecule has 0 aromatic heterocycles. The molecule has 7 heteroatoms. The molecule has 0 bridgehead atoms. The molecule has 0 aliphatic carbocycles. The number of nitrogens with one attached hydrogen (secondary N) is 1. The fourth-order valence-electron chi connectivity index (χ4n) is 3.37. The number of nitrogens with zero attached hydrogens (tertiary/aromatic N) is 1. The Bertz CT molecular complexity index is 709. The van der Waals surface area contributed by atoms with Crippen LogP contribution in [0.2, 0.25) is 0 Å². The van der Waals surface area contributed by atoms with Gasteiger partial charge in [-0.05, 0) is 84.0 Å². The van der Waals surface area contributed by atoms with Crippen LogP contribution in [0.25, 0.3) is 0 Å². The number of hydrogen-bond donors (Lipinski definition) is 1. The summed E-state index contributed by atoms with van der Waals surface area (Å²) in [4.78, 5) is 23.4. The van der Waals surface area contributed by atoms with Gasteiger partial charge in [-0.2, -0.15) is 0 Å². The summed E-state index contributed by atoms with van der Waals surface area (Å²) < 4.78 is 11.2. The van der Waals surface area contributed by atoms with Crippen molar-refractivity contribution in [2.24, 2.45) is 0 Å². The lowest BCUT2D eigenvalue weighted by atomic mass is 9.84. The van der Waals surface area contributed by atoms with Crippen LogP contribution in [-0.4, -0.2) is 35.2 Å². The van der Waals surface area contributed by atoms with Gasteiger partial charge in [-0.1, -0.05) is 0 Å². The second-order valence-corrected chi connectivity index (χ2v) is 8.36. The number of carbonyl (C=O) groups excluding carboxylic acids is 1. The minimum absolute atomic E-state index is 0.0254. The molecule has 2 atom stereocenters. The molecule has 0 radical (unpaired) electrons. The summed E-state index contributed by atoms with van der Waals surface area (Å²) in [5.74, 6) is 0.132. The molecular weight excluding hydrogens is 348 g/mol. The standard InChI is InChI=1S/C20H30N2O5/c1-12(2)26-18-11-15(13(3)9-17(18)22(24)25)14-7-8-21-16(10-14)19(23)27-20(4,5)6/h9,11-12,14,16,21H,7-8,10H2,1-6H3. The molecule has 7 nitrogen and oxygen atoms in total. The molecular formula is C20H30N2O5. The van der Waals surface area contributed by atoms with Crippen molar-refractivity contribution < 1.29 is 19.2 Å². The number of nitro groups is 1. The van der Waals surface area contributed by atoms with E-state index in [0.717, 1.165) is 17.5 Å². The van der Waals surface area contributed by atoms with Crippen molar-refractivity contribution in [2.75, 3.05) is 6.54 Å². The quantitative estimate of drug-likeness (QED) is 0.475. The summed E-state index contributed by atoms with van der Waals surface area (Å²) in [6.45, 7) is 11.8. The number of piperidine rings is 1. The molecule has 1 aromatic rings. The van der Waals surface area contributed by atoms with Gasteiger partial charge in [0.15, 0.2) is 5.75 Å². The lowest BCUT2D eigenvalue weighted by Crippen LogP contribution is -2.45. The Morgan fingerprint density at radius 3 is 2.56 bits per heavy atom. The first-order chi connectivity index (χ1) is 12.5. The molecule has 0 spiro atoms. The SMILES string of the molecule is Cc1cc([N+](=O)[O-])c(OC(C)C)cc1C1CCNC(C(=O)OC(C)(C)C)C1. The summed E-state index contributed by atoms with van der Waals surface area (Å²) in [5, 5.41) is 14.6. The number of carbonyl (C=O) groups is 1. The zero-order valence-electron chi connectivity index (χ0n) is 17.0.